The number of rotatable bonds is 4. The minimum atomic E-state index is -4.75. The molecule has 0 aliphatic carbocycles. The first-order chi connectivity index (χ1) is 7.47. The number of hydrogen-bond donors (Lipinski definition) is 2. The van der Waals surface area contributed by atoms with Crippen molar-refractivity contribution in [2.24, 2.45) is 0 Å². The average molecular weight is 237 g/mol. The Kier molecular flexibility index (Phi) is 4.15. The number of aromatic nitrogens is 2. The van der Waals surface area contributed by atoms with Crippen LogP contribution in [0.4, 0.5) is 18.0 Å². The second-order valence-electron chi connectivity index (χ2n) is 2.92. The number of alkyl carbamates (subject to hydrolysis) is 1. The van der Waals surface area contributed by atoms with Crippen molar-refractivity contribution in [2.75, 3.05) is 6.61 Å². The molecule has 0 fully saturated rings. The van der Waals surface area contributed by atoms with Crippen LogP contribution in [0, 0.1) is 0 Å². The predicted octanol–water partition coefficient (Wildman–Crippen LogP) is 1.59. The standard InChI is InChI=1S/C8H10F3N3O2/c9-8(10,11)14-7(15)16-3-1-2-6-4-12-5-13-6/h4-5H,1-3H2,(H,12,13)(H,14,15). The van der Waals surface area contributed by atoms with Gasteiger partial charge >= 0.3 is 12.4 Å². The summed E-state index contributed by atoms with van der Waals surface area (Å²) in [7, 11) is 0. The fourth-order valence-corrected chi connectivity index (χ4v) is 0.998. The molecule has 1 rings (SSSR count). The molecule has 0 aliphatic heterocycles. The molecule has 16 heavy (non-hydrogen) atoms. The SMILES string of the molecule is O=C(NC(F)(F)F)OCCCc1c[nH]cn1. The summed E-state index contributed by atoms with van der Waals surface area (Å²) in [6.45, 7) is -0.0885. The lowest BCUT2D eigenvalue weighted by Gasteiger charge is -2.08. The zero-order chi connectivity index (χ0) is 12.0. The number of amides is 1. The van der Waals surface area contributed by atoms with E-state index in [2.05, 4.69) is 14.7 Å². The number of halogens is 3. The van der Waals surface area contributed by atoms with Gasteiger partial charge in [0, 0.05) is 6.20 Å². The highest BCUT2D eigenvalue weighted by molar-refractivity contribution is 5.67. The lowest BCUT2D eigenvalue weighted by atomic mass is 10.3. The third-order valence-electron chi connectivity index (χ3n) is 1.61. The Balaban J connectivity index is 2.09. The van der Waals surface area contributed by atoms with Gasteiger partial charge in [0.05, 0.1) is 18.6 Å². The van der Waals surface area contributed by atoms with Gasteiger partial charge in [0.25, 0.3) is 0 Å². The molecule has 1 amide bonds. The largest absolute Gasteiger partial charge is 0.487 e. The van der Waals surface area contributed by atoms with Crippen LogP contribution >= 0.6 is 0 Å². The smallest absolute Gasteiger partial charge is 0.449 e. The molecule has 0 unspecified atom stereocenters. The molecule has 0 spiro atoms. The van der Waals surface area contributed by atoms with Gasteiger partial charge in [-0.1, -0.05) is 0 Å². The summed E-state index contributed by atoms with van der Waals surface area (Å²) >= 11 is 0. The van der Waals surface area contributed by atoms with E-state index in [0.717, 1.165) is 11.0 Å². The Hall–Kier alpha value is -1.73. The van der Waals surface area contributed by atoms with Crippen LogP contribution in [0.5, 0.6) is 0 Å². The molecular weight excluding hydrogens is 227 g/mol. The Labute approximate surface area is 89.0 Å². The van der Waals surface area contributed by atoms with Crippen LogP contribution in [0.3, 0.4) is 0 Å². The number of imidazole rings is 1. The number of ether oxygens (including phenoxy) is 1. The van der Waals surface area contributed by atoms with Gasteiger partial charge in [-0.3, -0.25) is 0 Å². The van der Waals surface area contributed by atoms with Crippen molar-refractivity contribution in [3.8, 4) is 0 Å². The van der Waals surface area contributed by atoms with Gasteiger partial charge < -0.3 is 9.72 Å². The van der Waals surface area contributed by atoms with Crippen LogP contribution in [0.25, 0.3) is 0 Å². The normalized spacial score (nSPS) is 11.2. The first-order valence-corrected chi connectivity index (χ1v) is 4.47. The maximum Gasteiger partial charge on any atom is 0.487 e. The predicted molar refractivity (Wildman–Crippen MR) is 47.4 cm³/mol. The van der Waals surface area contributed by atoms with Crippen molar-refractivity contribution >= 4 is 6.09 Å². The van der Waals surface area contributed by atoms with E-state index in [9.17, 15) is 18.0 Å². The van der Waals surface area contributed by atoms with Crippen molar-refractivity contribution in [1.82, 2.24) is 15.3 Å². The minimum Gasteiger partial charge on any atom is -0.449 e. The molecule has 0 radical (unpaired) electrons. The zero-order valence-corrected chi connectivity index (χ0v) is 8.17. The van der Waals surface area contributed by atoms with Crippen molar-refractivity contribution < 1.29 is 22.7 Å². The number of H-pyrrole nitrogens is 1. The summed E-state index contributed by atoms with van der Waals surface area (Å²) in [5, 5.41) is 0.730. The van der Waals surface area contributed by atoms with Gasteiger partial charge in [0.2, 0.25) is 0 Å². The van der Waals surface area contributed by atoms with E-state index in [1.54, 1.807) is 6.20 Å². The molecule has 0 saturated heterocycles. The number of nitrogens with zero attached hydrogens (tertiary/aromatic N) is 1. The van der Waals surface area contributed by atoms with E-state index in [4.69, 9.17) is 0 Å². The number of nitrogens with one attached hydrogen (secondary N) is 2. The summed E-state index contributed by atoms with van der Waals surface area (Å²) < 4.78 is 39.1. The first-order valence-electron chi connectivity index (χ1n) is 4.47. The summed E-state index contributed by atoms with van der Waals surface area (Å²) in [5.74, 6) is 0. The molecular formula is C8H10F3N3O2. The van der Waals surface area contributed by atoms with Crippen LogP contribution in [0.15, 0.2) is 12.5 Å². The van der Waals surface area contributed by atoms with Gasteiger partial charge in [-0.25, -0.2) is 15.1 Å². The van der Waals surface area contributed by atoms with Crippen LogP contribution in [0.2, 0.25) is 0 Å². The highest BCUT2D eigenvalue weighted by atomic mass is 19.4. The van der Waals surface area contributed by atoms with Gasteiger partial charge in [-0.05, 0) is 12.8 Å². The number of aromatic amines is 1. The third kappa shape index (κ3) is 5.23. The number of carbonyl (C=O) groups excluding carboxylic acids is 1. The molecule has 0 bridgehead atoms. The second-order valence-corrected chi connectivity index (χ2v) is 2.92. The molecule has 8 heteroatoms. The Morgan fingerprint density at radius 2 is 2.31 bits per heavy atom. The second kappa shape index (κ2) is 5.38. The molecule has 2 N–H and O–H groups in total. The Bertz CT molecular complexity index is 324. The Morgan fingerprint density at radius 1 is 1.56 bits per heavy atom. The monoisotopic (exact) mass is 237 g/mol. The summed E-state index contributed by atoms with van der Waals surface area (Å²) in [6.07, 6.45) is -2.14. The van der Waals surface area contributed by atoms with Crippen LogP contribution in [-0.4, -0.2) is 29.0 Å². The Morgan fingerprint density at radius 3 is 2.88 bits per heavy atom. The van der Waals surface area contributed by atoms with Crippen molar-refractivity contribution in [3.05, 3.63) is 18.2 Å². The first kappa shape index (κ1) is 12.3. The van der Waals surface area contributed by atoms with Gasteiger partial charge in [0.15, 0.2) is 0 Å². The van der Waals surface area contributed by atoms with Crippen molar-refractivity contribution in [1.29, 1.82) is 0 Å². The lowest BCUT2D eigenvalue weighted by Crippen LogP contribution is -2.37. The van der Waals surface area contributed by atoms with E-state index in [1.165, 1.54) is 6.33 Å². The molecule has 1 aromatic rings. The molecule has 90 valence electrons. The average Bonchev–Trinajstić information content (AvgIpc) is 2.62. The van der Waals surface area contributed by atoms with Gasteiger partial charge in [0.1, 0.15) is 0 Å². The topological polar surface area (TPSA) is 67.0 Å². The van der Waals surface area contributed by atoms with Crippen LogP contribution in [-0.2, 0) is 11.2 Å². The minimum absolute atomic E-state index is 0.0885. The molecule has 1 heterocycles. The molecule has 1 aromatic heterocycles. The summed E-state index contributed by atoms with van der Waals surface area (Å²) in [4.78, 5) is 17.2. The molecule has 0 atom stereocenters. The van der Waals surface area contributed by atoms with E-state index >= 15 is 0 Å². The maximum absolute atomic E-state index is 11.6. The van der Waals surface area contributed by atoms with E-state index in [0.29, 0.717) is 12.8 Å². The third-order valence-corrected chi connectivity index (χ3v) is 1.61. The molecule has 5 nitrogen and oxygen atoms in total. The molecule has 0 saturated carbocycles. The molecule has 0 aliphatic rings. The fourth-order valence-electron chi connectivity index (χ4n) is 0.998. The van der Waals surface area contributed by atoms with E-state index < -0.39 is 12.4 Å². The van der Waals surface area contributed by atoms with E-state index in [-0.39, 0.29) is 6.61 Å². The quantitative estimate of drug-likeness (QED) is 0.617. The summed E-state index contributed by atoms with van der Waals surface area (Å²) in [5.41, 5.74) is 0.764. The number of hydrogen-bond acceptors (Lipinski definition) is 3. The number of alkyl halides is 3. The summed E-state index contributed by atoms with van der Waals surface area (Å²) in [6, 6.07) is 0. The van der Waals surface area contributed by atoms with Crippen molar-refractivity contribution in [3.63, 3.8) is 0 Å². The molecule has 0 aromatic carbocycles. The highest BCUT2D eigenvalue weighted by Crippen LogP contribution is 2.09. The maximum atomic E-state index is 11.6. The van der Waals surface area contributed by atoms with Crippen molar-refractivity contribution in [2.45, 2.75) is 19.1 Å². The van der Waals surface area contributed by atoms with Crippen LogP contribution in [0.1, 0.15) is 12.1 Å². The van der Waals surface area contributed by atoms with Crippen LogP contribution < -0.4 is 5.32 Å². The van der Waals surface area contributed by atoms with Gasteiger partial charge in [-0.2, -0.15) is 13.2 Å². The number of aryl methyl sites for hydroxylation is 1. The number of carbonyl (C=O) groups is 1. The fraction of sp³-hybridized carbons (Fsp3) is 0.500. The van der Waals surface area contributed by atoms with E-state index in [1.807, 2.05) is 0 Å². The zero-order valence-electron chi connectivity index (χ0n) is 8.17. The highest BCUT2D eigenvalue weighted by Gasteiger charge is 2.30. The van der Waals surface area contributed by atoms with Gasteiger partial charge in [-0.15, -0.1) is 0 Å². The lowest BCUT2D eigenvalue weighted by molar-refractivity contribution is -0.150.